The van der Waals surface area contributed by atoms with Crippen molar-refractivity contribution in [3.63, 3.8) is 0 Å². The second-order valence-corrected chi connectivity index (χ2v) is 5.35. The molecule has 1 saturated heterocycles. The number of Topliss-reactive ketones (excluding diaryl/α,β-unsaturated/α-hetero) is 1. The number of piperidine rings is 1. The summed E-state index contributed by atoms with van der Waals surface area (Å²) in [5, 5.41) is 0. The van der Waals surface area contributed by atoms with Gasteiger partial charge in [-0.15, -0.1) is 0 Å². The van der Waals surface area contributed by atoms with Gasteiger partial charge in [-0.25, -0.2) is 0 Å². The van der Waals surface area contributed by atoms with E-state index >= 15 is 0 Å². The highest BCUT2D eigenvalue weighted by atomic mass is 16.1. The molecule has 0 aliphatic carbocycles. The lowest BCUT2D eigenvalue weighted by Gasteiger charge is -2.34. The Bertz CT molecular complexity index is 394. The van der Waals surface area contributed by atoms with E-state index in [0.29, 0.717) is 0 Å². The van der Waals surface area contributed by atoms with Gasteiger partial charge in [0, 0.05) is 24.3 Å². The highest BCUT2D eigenvalue weighted by Crippen LogP contribution is 2.25. The van der Waals surface area contributed by atoms with Crippen LogP contribution in [0.1, 0.15) is 49.9 Å². The Morgan fingerprint density at radius 2 is 2.06 bits per heavy atom. The van der Waals surface area contributed by atoms with Gasteiger partial charge in [0.2, 0.25) is 0 Å². The lowest BCUT2D eigenvalue weighted by Crippen LogP contribution is -2.35. The first-order valence-corrected chi connectivity index (χ1v) is 7.06. The Kier molecular flexibility index (Phi) is 4.40. The highest BCUT2D eigenvalue weighted by Gasteiger charge is 2.19. The Morgan fingerprint density at radius 3 is 2.67 bits per heavy atom. The minimum absolute atomic E-state index is 0.143. The molecule has 0 bridgehead atoms. The summed E-state index contributed by atoms with van der Waals surface area (Å²) in [7, 11) is 0. The average Bonchev–Trinajstić information content (AvgIpc) is 2.39. The molecule has 1 aliphatic rings. The van der Waals surface area contributed by atoms with Gasteiger partial charge >= 0.3 is 0 Å². The normalized spacial score (nSPS) is 19.9. The van der Waals surface area contributed by atoms with E-state index in [1.54, 1.807) is 6.92 Å². The summed E-state index contributed by atoms with van der Waals surface area (Å²) in [4.78, 5) is 13.7. The van der Waals surface area contributed by atoms with Crippen LogP contribution in [0.4, 0.5) is 5.69 Å². The van der Waals surface area contributed by atoms with E-state index in [-0.39, 0.29) is 5.78 Å². The first-order valence-electron chi connectivity index (χ1n) is 7.06. The van der Waals surface area contributed by atoms with Crippen LogP contribution in [0.25, 0.3) is 0 Å². The molecule has 1 aliphatic heterocycles. The molecule has 0 amide bonds. The Hall–Kier alpha value is -1.31. The lowest BCUT2D eigenvalue weighted by molar-refractivity contribution is 0.101. The standard InChI is InChI=1S/C16H23NO/c1-3-5-14-6-4-11-17(12-14)16-9-7-15(8-10-16)13(2)18/h7-10,14H,3-6,11-12H2,1-2H3. The van der Waals surface area contributed by atoms with Gasteiger partial charge < -0.3 is 4.90 Å². The van der Waals surface area contributed by atoms with Crippen molar-refractivity contribution in [1.82, 2.24) is 0 Å². The molecule has 1 atom stereocenters. The summed E-state index contributed by atoms with van der Waals surface area (Å²) in [5.41, 5.74) is 2.07. The Morgan fingerprint density at radius 1 is 1.33 bits per heavy atom. The summed E-state index contributed by atoms with van der Waals surface area (Å²) < 4.78 is 0. The first kappa shape index (κ1) is 13.1. The summed E-state index contributed by atoms with van der Waals surface area (Å²) in [5.74, 6) is 0.986. The molecular weight excluding hydrogens is 222 g/mol. The van der Waals surface area contributed by atoms with Crippen LogP contribution in [0.5, 0.6) is 0 Å². The molecule has 0 aromatic heterocycles. The van der Waals surface area contributed by atoms with Crippen LogP contribution in [-0.4, -0.2) is 18.9 Å². The largest absolute Gasteiger partial charge is 0.371 e. The van der Waals surface area contributed by atoms with Crippen LogP contribution in [0.2, 0.25) is 0 Å². The van der Waals surface area contributed by atoms with Crippen molar-refractivity contribution in [2.24, 2.45) is 5.92 Å². The van der Waals surface area contributed by atoms with Crippen molar-refractivity contribution in [3.05, 3.63) is 29.8 Å². The fraction of sp³-hybridized carbons (Fsp3) is 0.562. The summed E-state index contributed by atoms with van der Waals surface area (Å²) >= 11 is 0. The van der Waals surface area contributed by atoms with Gasteiger partial charge in [0.25, 0.3) is 0 Å². The highest BCUT2D eigenvalue weighted by molar-refractivity contribution is 5.94. The molecule has 0 radical (unpaired) electrons. The number of carbonyl (C=O) groups is 1. The third-order valence-electron chi connectivity index (χ3n) is 3.85. The Labute approximate surface area is 110 Å². The van der Waals surface area contributed by atoms with E-state index in [1.807, 2.05) is 12.1 Å². The minimum atomic E-state index is 0.143. The van der Waals surface area contributed by atoms with Gasteiger partial charge in [-0.2, -0.15) is 0 Å². The zero-order valence-corrected chi connectivity index (χ0v) is 11.5. The lowest BCUT2D eigenvalue weighted by atomic mass is 9.93. The van der Waals surface area contributed by atoms with E-state index in [0.717, 1.165) is 18.0 Å². The number of anilines is 1. The molecule has 1 unspecified atom stereocenters. The van der Waals surface area contributed by atoms with Gasteiger partial charge in [-0.1, -0.05) is 13.3 Å². The number of hydrogen-bond donors (Lipinski definition) is 0. The Balaban J connectivity index is 2.04. The molecule has 0 saturated carbocycles. The quantitative estimate of drug-likeness (QED) is 0.750. The topological polar surface area (TPSA) is 20.3 Å². The molecule has 2 heteroatoms. The van der Waals surface area contributed by atoms with Crippen LogP contribution >= 0.6 is 0 Å². The third-order valence-corrected chi connectivity index (χ3v) is 3.85. The molecule has 18 heavy (non-hydrogen) atoms. The molecule has 1 heterocycles. The van der Waals surface area contributed by atoms with Crippen molar-refractivity contribution in [2.75, 3.05) is 18.0 Å². The predicted molar refractivity (Wildman–Crippen MR) is 76.3 cm³/mol. The zero-order valence-electron chi connectivity index (χ0n) is 11.5. The van der Waals surface area contributed by atoms with E-state index in [1.165, 1.54) is 37.9 Å². The van der Waals surface area contributed by atoms with Crippen molar-refractivity contribution < 1.29 is 4.79 Å². The number of benzene rings is 1. The molecule has 98 valence electrons. The van der Waals surface area contributed by atoms with Gasteiger partial charge in [-0.05, 0) is 56.4 Å². The van der Waals surface area contributed by atoms with Crippen molar-refractivity contribution in [1.29, 1.82) is 0 Å². The predicted octanol–water partition coefficient (Wildman–Crippen LogP) is 3.91. The van der Waals surface area contributed by atoms with Gasteiger partial charge in [0.15, 0.2) is 5.78 Å². The second kappa shape index (κ2) is 6.03. The fourth-order valence-electron chi connectivity index (χ4n) is 2.85. The smallest absolute Gasteiger partial charge is 0.159 e. The molecule has 2 rings (SSSR count). The van der Waals surface area contributed by atoms with Crippen molar-refractivity contribution in [2.45, 2.75) is 39.5 Å². The van der Waals surface area contributed by atoms with Crippen LogP contribution < -0.4 is 4.90 Å². The summed E-state index contributed by atoms with van der Waals surface area (Å²) in [6.07, 6.45) is 5.28. The monoisotopic (exact) mass is 245 g/mol. The number of rotatable bonds is 4. The van der Waals surface area contributed by atoms with E-state index in [9.17, 15) is 4.79 Å². The third kappa shape index (κ3) is 3.12. The molecule has 2 nitrogen and oxygen atoms in total. The SMILES string of the molecule is CCCC1CCCN(c2ccc(C(C)=O)cc2)C1. The fourth-order valence-corrected chi connectivity index (χ4v) is 2.85. The minimum Gasteiger partial charge on any atom is -0.371 e. The van der Waals surface area contributed by atoms with Gasteiger partial charge in [-0.3, -0.25) is 4.79 Å². The van der Waals surface area contributed by atoms with Crippen LogP contribution in [0, 0.1) is 5.92 Å². The average molecular weight is 245 g/mol. The number of hydrogen-bond acceptors (Lipinski definition) is 2. The molecule has 0 spiro atoms. The maximum atomic E-state index is 11.3. The second-order valence-electron chi connectivity index (χ2n) is 5.35. The summed E-state index contributed by atoms with van der Waals surface area (Å²) in [6, 6.07) is 8.07. The van der Waals surface area contributed by atoms with E-state index in [4.69, 9.17) is 0 Å². The molecule has 0 N–H and O–H groups in total. The molecule has 1 fully saturated rings. The molecular formula is C16H23NO. The van der Waals surface area contributed by atoms with Gasteiger partial charge in [0.1, 0.15) is 0 Å². The number of ketones is 1. The van der Waals surface area contributed by atoms with Crippen LogP contribution in [0.3, 0.4) is 0 Å². The van der Waals surface area contributed by atoms with E-state index < -0.39 is 0 Å². The van der Waals surface area contributed by atoms with Gasteiger partial charge in [0.05, 0.1) is 0 Å². The molecule has 1 aromatic carbocycles. The van der Waals surface area contributed by atoms with Crippen LogP contribution in [-0.2, 0) is 0 Å². The van der Waals surface area contributed by atoms with Crippen molar-refractivity contribution >= 4 is 11.5 Å². The number of carbonyl (C=O) groups excluding carboxylic acids is 1. The maximum Gasteiger partial charge on any atom is 0.159 e. The number of nitrogens with zero attached hydrogens (tertiary/aromatic N) is 1. The van der Waals surface area contributed by atoms with E-state index in [2.05, 4.69) is 24.0 Å². The summed E-state index contributed by atoms with van der Waals surface area (Å²) in [6.45, 7) is 6.21. The first-order chi connectivity index (χ1) is 8.70. The van der Waals surface area contributed by atoms with Crippen molar-refractivity contribution in [3.8, 4) is 0 Å². The van der Waals surface area contributed by atoms with Crippen LogP contribution in [0.15, 0.2) is 24.3 Å². The maximum absolute atomic E-state index is 11.3. The zero-order chi connectivity index (χ0) is 13.0. The molecule has 1 aromatic rings.